The number of aromatic nitrogens is 2. The molecule has 7 heteroatoms. The van der Waals surface area contributed by atoms with Crippen LogP contribution in [0.25, 0.3) is 0 Å². The summed E-state index contributed by atoms with van der Waals surface area (Å²) in [5.41, 5.74) is 0.972. The van der Waals surface area contributed by atoms with Crippen molar-refractivity contribution in [3.63, 3.8) is 0 Å². The molecule has 6 nitrogen and oxygen atoms in total. The maximum Gasteiger partial charge on any atom is 0.272 e. The van der Waals surface area contributed by atoms with E-state index in [4.69, 9.17) is 0 Å². The van der Waals surface area contributed by atoms with Gasteiger partial charge in [-0.3, -0.25) is 4.79 Å². The van der Waals surface area contributed by atoms with E-state index in [1.807, 2.05) is 11.0 Å². The molecule has 1 amide bonds. The summed E-state index contributed by atoms with van der Waals surface area (Å²) in [6, 6.07) is 8.44. The first-order valence-electron chi connectivity index (χ1n) is 9.39. The van der Waals surface area contributed by atoms with Crippen molar-refractivity contribution < 1.29 is 9.18 Å². The third kappa shape index (κ3) is 4.93. The highest BCUT2D eigenvalue weighted by Gasteiger charge is 2.24. The molecule has 0 spiro atoms. The SMILES string of the molecule is CC(C)CCNc1cc(C(=O)N2CCN(c3ccccc3F)CC2)ncn1. The summed E-state index contributed by atoms with van der Waals surface area (Å²) >= 11 is 0. The van der Waals surface area contributed by atoms with Gasteiger partial charge < -0.3 is 15.1 Å². The highest BCUT2D eigenvalue weighted by atomic mass is 19.1. The third-order valence-electron chi connectivity index (χ3n) is 4.67. The Kier molecular flexibility index (Phi) is 6.21. The zero-order valence-corrected chi connectivity index (χ0v) is 15.9. The molecule has 0 radical (unpaired) electrons. The molecule has 2 heterocycles. The predicted octanol–water partition coefficient (Wildman–Crippen LogP) is 3.04. The predicted molar refractivity (Wildman–Crippen MR) is 104 cm³/mol. The Hall–Kier alpha value is -2.70. The van der Waals surface area contributed by atoms with Crippen LogP contribution in [0.4, 0.5) is 15.9 Å². The number of carbonyl (C=O) groups excluding carboxylic acids is 1. The molecular weight excluding hydrogens is 345 g/mol. The number of nitrogens with zero attached hydrogens (tertiary/aromatic N) is 4. The Bertz CT molecular complexity index is 774. The second-order valence-electron chi connectivity index (χ2n) is 7.13. The summed E-state index contributed by atoms with van der Waals surface area (Å²) in [7, 11) is 0. The lowest BCUT2D eigenvalue weighted by molar-refractivity contribution is 0.0740. The highest BCUT2D eigenvalue weighted by Crippen LogP contribution is 2.20. The Morgan fingerprint density at radius 3 is 2.63 bits per heavy atom. The summed E-state index contributed by atoms with van der Waals surface area (Å²) in [6.07, 6.45) is 2.45. The maximum absolute atomic E-state index is 13.9. The number of para-hydroxylation sites is 1. The van der Waals surface area contributed by atoms with E-state index >= 15 is 0 Å². The number of amides is 1. The largest absolute Gasteiger partial charge is 0.370 e. The molecule has 0 aliphatic carbocycles. The molecule has 1 aromatic heterocycles. The molecule has 1 aliphatic heterocycles. The minimum absolute atomic E-state index is 0.113. The summed E-state index contributed by atoms with van der Waals surface area (Å²) in [6.45, 7) is 7.40. The Labute approximate surface area is 159 Å². The standard InChI is InChI=1S/C20H26FN5O/c1-15(2)7-8-22-19-13-17(23-14-24-19)20(27)26-11-9-25(10-12-26)18-6-4-3-5-16(18)21/h3-6,13-15H,7-12H2,1-2H3,(H,22,23,24). The van der Waals surface area contributed by atoms with Gasteiger partial charge in [0, 0.05) is 38.8 Å². The Balaban J connectivity index is 1.58. The van der Waals surface area contributed by atoms with E-state index in [2.05, 4.69) is 29.1 Å². The van der Waals surface area contributed by atoms with Gasteiger partial charge in [-0.15, -0.1) is 0 Å². The van der Waals surface area contributed by atoms with E-state index in [9.17, 15) is 9.18 Å². The molecule has 1 N–H and O–H groups in total. The molecule has 27 heavy (non-hydrogen) atoms. The average molecular weight is 371 g/mol. The van der Waals surface area contributed by atoms with Gasteiger partial charge in [0.25, 0.3) is 5.91 Å². The minimum Gasteiger partial charge on any atom is -0.370 e. The van der Waals surface area contributed by atoms with Crippen LogP contribution in [0.15, 0.2) is 36.7 Å². The van der Waals surface area contributed by atoms with Crippen LogP contribution in [0.1, 0.15) is 30.8 Å². The number of hydrogen-bond acceptors (Lipinski definition) is 5. The average Bonchev–Trinajstić information content (AvgIpc) is 2.68. The highest BCUT2D eigenvalue weighted by molar-refractivity contribution is 5.93. The molecule has 1 fully saturated rings. The lowest BCUT2D eigenvalue weighted by Gasteiger charge is -2.36. The van der Waals surface area contributed by atoms with Gasteiger partial charge in [-0.25, -0.2) is 14.4 Å². The van der Waals surface area contributed by atoms with Crippen LogP contribution < -0.4 is 10.2 Å². The fraction of sp³-hybridized carbons (Fsp3) is 0.450. The zero-order valence-electron chi connectivity index (χ0n) is 15.9. The topological polar surface area (TPSA) is 61.4 Å². The summed E-state index contributed by atoms with van der Waals surface area (Å²) < 4.78 is 13.9. The summed E-state index contributed by atoms with van der Waals surface area (Å²) in [4.78, 5) is 24.8. The van der Waals surface area contributed by atoms with Crippen LogP contribution in [0.5, 0.6) is 0 Å². The lowest BCUT2D eigenvalue weighted by atomic mass is 10.1. The quantitative estimate of drug-likeness (QED) is 0.846. The van der Waals surface area contributed by atoms with Crippen LogP contribution in [-0.4, -0.2) is 53.5 Å². The number of benzene rings is 1. The van der Waals surface area contributed by atoms with Crippen molar-refractivity contribution in [2.75, 3.05) is 42.9 Å². The molecule has 144 valence electrons. The van der Waals surface area contributed by atoms with Crippen LogP contribution in [0, 0.1) is 11.7 Å². The molecule has 0 bridgehead atoms. The molecule has 0 saturated carbocycles. The van der Waals surface area contributed by atoms with E-state index < -0.39 is 0 Å². The van der Waals surface area contributed by atoms with E-state index in [0.717, 1.165) is 13.0 Å². The molecule has 3 rings (SSSR count). The van der Waals surface area contributed by atoms with E-state index in [-0.39, 0.29) is 11.7 Å². The lowest BCUT2D eigenvalue weighted by Crippen LogP contribution is -2.49. The van der Waals surface area contributed by atoms with Gasteiger partial charge in [-0.05, 0) is 24.5 Å². The first kappa shape index (κ1) is 19.1. The summed E-state index contributed by atoms with van der Waals surface area (Å²) in [5.74, 6) is 0.924. The summed E-state index contributed by atoms with van der Waals surface area (Å²) in [5, 5.41) is 3.24. The van der Waals surface area contributed by atoms with Gasteiger partial charge in [0.1, 0.15) is 23.7 Å². The Morgan fingerprint density at radius 1 is 1.19 bits per heavy atom. The van der Waals surface area contributed by atoms with Crippen molar-refractivity contribution in [3.05, 3.63) is 48.2 Å². The smallest absolute Gasteiger partial charge is 0.272 e. The first-order chi connectivity index (χ1) is 13.0. The number of rotatable bonds is 6. The van der Waals surface area contributed by atoms with E-state index in [1.165, 1.54) is 12.4 Å². The van der Waals surface area contributed by atoms with Crippen molar-refractivity contribution in [2.24, 2.45) is 5.92 Å². The second-order valence-corrected chi connectivity index (χ2v) is 7.13. The number of piperazine rings is 1. The van der Waals surface area contributed by atoms with Gasteiger partial charge in [0.05, 0.1) is 5.69 Å². The van der Waals surface area contributed by atoms with Crippen LogP contribution in [0.2, 0.25) is 0 Å². The molecule has 1 aliphatic rings. The van der Waals surface area contributed by atoms with Crippen molar-refractivity contribution in [2.45, 2.75) is 20.3 Å². The molecule has 1 saturated heterocycles. The van der Waals surface area contributed by atoms with Gasteiger partial charge >= 0.3 is 0 Å². The fourth-order valence-corrected chi connectivity index (χ4v) is 3.08. The van der Waals surface area contributed by atoms with Crippen LogP contribution in [-0.2, 0) is 0 Å². The molecule has 0 atom stereocenters. The van der Waals surface area contributed by atoms with Gasteiger partial charge in [0.15, 0.2) is 0 Å². The van der Waals surface area contributed by atoms with Crippen LogP contribution >= 0.6 is 0 Å². The first-order valence-corrected chi connectivity index (χ1v) is 9.39. The number of halogens is 1. The zero-order chi connectivity index (χ0) is 19.2. The van der Waals surface area contributed by atoms with E-state index in [1.54, 1.807) is 23.1 Å². The second kappa shape index (κ2) is 8.79. The van der Waals surface area contributed by atoms with Gasteiger partial charge in [0.2, 0.25) is 0 Å². The molecule has 2 aromatic rings. The normalized spacial score (nSPS) is 14.5. The number of nitrogens with one attached hydrogen (secondary N) is 1. The Morgan fingerprint density at radius 2 is 1.93 bits per heavy atom. The monoisotopic (exact) mass is 371 g/mol. The van der Waals surface area contributed by atoms with Crippen molar-refractivity contribution in [3.8, 4) is 0 Å². The van der Waals surface area contributed by atoms with Gasteiger partial charge in [-0.1, -0.05) is 26.0 Å². The number of carbonyl (C=O) groups is 1. The number of anilines is 2. The molecule has 1 aromatic carbocycles. The van der Waals surface area contributed by atoms with Crippen molar-refractivity contribution in [1.29, 1.82) is 0 Å². The van der Waals surface area contributed by atoms with E-state index in [0.29, 0.717) is 49.3 Å². The number of hydrogen-bond donors (Lipinski definition) is 1. The molecular formula is C20H26FN5O. The maximum atomic E-state index is 13.9. The van der Waals surface area contributed by atoms with Crippen LogP contribution in [0.3, 0.4) is 0 Å². The third-order valence-corrected chi connectivity index (χ3v) is 4.67. The van der Waals surface area contributed by atoms with Crippen molar-refractivity contribution in [1.82, 2.24) is 14.9 Å². The van der Waals surface area contributed by atoms with Crippen molar-refractivity contribution >= 4 is 17.4 Å². The molecule has 0 unspecified atom stereocenters. The minimum atomic E-state index is -0.231. The fourth-order valence-electron chi connectivity index (χ4n) is 3.08. The van der Waals surface area contributed by atoms with Gasteiger partial charge in [-0.2, -0.15) is 0 Å².